The maximum atomic E-state index is 5.74. The monoisotopic (exact) mass is 353 g/mol. The predicted molar refractivity (Wildman–Crippen MR) is 86.5 cm³/mol. The van der Waals surface area contributed by atoms with Crippen molar-refractivity contribution in [3.05, 3.63) is 40.4 Å². The van der Waals surface area contributed by atoms with Crippen molar-refractivity contribution in [3.63, 3.8) is 0 Å². The van der Waals surface area contributed by atoms with Crippen LogP contribution in [0.2, 0.25) is 0 Å². The molecule has 0 aliphatic rings. The average Bonchev–Trinajstić information content (AvgIpc) is 2.47. The quantitative estimate of drug-likeness (QED) is 0.628. The molecule has 0 amide bonds. The van der Waals surface area contributed by atoms with Gasteiger partial charge in [0.25, 0.3) is 0 Å². The summed E-state index contributed by atoms with van der Waals surface area (Å²) in [5.74, 6) is 1.38. The molecule has 1 aromatic heterocycles. The lowest BCUT2D eigenvalue weighted by Gasteiger charge is -2.09. The van der Waals surface area contributed by atoms with Gasteiger partial charge < -0.3 is 10.1 Å². The molecule has 0 aliphatic carbocycles. The fourth-order valence-corrected chi connectivity index (χ4v) is 2.21. The Labute approximate surface area is 131 Å². The lowest BCUT2D eigenvalue weighted by atomic mass is 10.2. The molecule has 0 unspecified atom stereocenters. The third kappa shape index (κ3) is 4.38. The Kier molecular flexibility index (Phi) is 5.67. The van der Waals surface area contributed by atoms with Crippen molar-refractivity contribution in [1.82, 2.24) is 9.97 Å². The van der Waals surface area contributed by atoms with E-state index in [0.29, 0.717) is 17.6 Å². The minimum Gasteiger partial charge on any atom is -0.473 e. The van der Waals surface area contributed by atoms with Gasteiger partial charge in [-0.25, -0.2) is 4.98 Å². The first kappa shape index (κ1) is 15.1. The Balaban J connectivity index is 2.07. The van der Waals surface area contributed by atoms with E-state index in [2.05, 4.69) is 31.2 Å². The van der Waals surface area contributed by atoms with Crippen LogP contribution in [-0.2, 0) is 6.61 Å². The molecule has 1 aromatic carbocycles. The third-order valence-electron chi connectivity index (χ3n) is 2.52. The Morgan fingerprint density at radius 2 is 2.00 bits per heavy atom. The van der Waals surface area contributed by atoms with Crippen molar-refractivity contribution < 1.29 is 4.74 Å². The Morgan fingerprint density at radius 1 is 1.25 bits per heavy atom. The average molecular weight is 354 g/mol. The molecule has 0 fully saturated rings. The third-order valence-corrected chi connectivity index (χ3v) is 3.60. The first-order valence-corrected chi connectivity index (χ1v) is 8.27. The highest BCUT2D eigenvalue weighted by Crippen LogP contribution is 2.20. The molecule has 4 nitrogen and oxygen atoms in total. The van der Waals surface area contributed by atoms with Gasteiger partial charge in [-0.1, -0.05) is 39.8 Å². The highest BCUT2D eigenvalue weighted by Gasteiger charge is 2.05. The zero-order chi connectivity index (χ0) is 14.4. The summed E-state index contributed by atoms with van der Waals surface area (Å²) in [5.41, 5.74) is 1.10. The van der Waals surface area contributed by atoms with Gasteiger partial charge in [-0.2, -0.15) is 4.98 Å². The zero-order valence-corrected chi connectivity index (χ0v) is 13.8. The van der Waals surface area contributed by atoms with Gasteiger partial charge in [-0.3, -0.25) is 0 Å². The van der Waals surface area contributed by atoms with Crippen LogP contribution in [-0.4, -0.2) is 22.8 Å². The molecule has 6 heteroatoms. The highest BCUT2D eigenvalue weighted by atomic mass is 79.9. The largest absolute Gasteiger partial charge is 0.473 e. The standard InChI is InChI=1S/C14H16BrN3OS/c1-3-16-12-8-13(18-14(17-12)20-2)19-9-10-4-6-11(15)7-5-10/h4-8H,3,9H2,1-2H3,(H,16,17,18). The lowest BCUT2D eigenvalue weighted by molar-refractivity contribution is 0.291. The molecule has 2 rings (SSSR count). The van der Waals surface area contributed by atoms with Gasteiger partial charge in [0.05, 0.1) is 0 Å². The molecule has 2 aromatic rings. The molecule has 0 saturated heterocycles. The van der Waals surface area contributed by atoms with Crippen LogP contribution in [0.1, 0.15) is 12.5 Å². The van der Waals surface area contributed by atoms with E-state index >= 15 is 0 Å². The van der Waals surface area contributed by atoms with Crippen molar-refractivity contribution in [2.75, 3.05) is 18.1 Å². The van der Waals surface area contributed by atoms with Crippen molar-refractivity contribution in [2.24, 2.45) is 0 Å². The smallest absolute Gasteiger partial charge is 0.219 e. The van der Waals surface area contributed by atoms with Gasteiger partial charge in [0.1, 0.15) is 12.4 Å². The highest BCUT2D eigenvalue weighted by molar-refractivity contribution is 9.10. The van der Waals surface area contributed by atoms with E-state index in [4.69, 9.17) is 4.74 Å². The van der Waals surface area contributed by atoms with E-state index in [0.717, 1.165) is 22.4 Å². The molecule has 1 heterocycles. The first-order chi connectivity index (χ1) is 9.71. The Morgan fingerprint density at radius 3 is 2.65 bits per heavy atom. The van der Waals surface area contributed by atoms with Crippen LogP contribution < -0.4 is 10.1 Å². The number of halogens is 1. The van der Waals surface area contributed by atoms with Crippen molar-refractivity contribution >= 4 is 33.5 Å². The molecule has 20 heavy (non-hydrogen) atoms. The minimum atomic E-state index is 0.490. The second-order valence-electron chi connectivity index (χ2n) is 4.02. The molecular weight excluding hydrogens is 338 g/mol. The van der Waals surface area contributed by atoms with Gasteiger partial charge in [0, 0.05) is 17.1 Å². The van der Waals surface area contributed by atoms with E-state index in [1.807, 2.05) is 43.5 Å². The summed E-state index contributed by atoms with van der Waals surface area (Å²) < 4.78 is 6.80. The Hall–Kier alpha value is -1.27. The fourth-order valence-electron chi connectivity index (χ4n) is 1.58. The fraction of sp³-hybridized carbons (Fsp3) is 0.286. The topological polar surface area (TPSA) is 47.0 Å². The summed E-state index contributed by atoms with van der Waals surface area (Å²) in [7, 11) is 0. The van der Waals surface area contributed by atoms with E-state index in [1.165, 1.54) is 11.8 Å². The second kappa shape index (κ2) is 7.50. The van der Waals surface area contributed by atoms with Gasteiger partial charge >= 0.3 is 0 Å². The number of aromatic nitrogens is 2. The van der Waals surface area contributed by atoms with Gasteiger partial charge in [0.15, 0.2) is 5.16 Å². The van der Waals surface area contributed by atoms with E-state index in [9.17, 15) is 0 Å². The number of rotatable bonds is 6. The SMILES string of the molecule is CCNc1cc(OCc2ccc(Br)cc2)nc(SC)n1. The number of hydrogen-bond acceptors (Lipinski definition) is 5. The molecule has 0 saturated carbocycles. The van der Waals surface area contributed by atoms with Crippen LogP contribution in [0.15, 0.2) is 40.0 Å². The number of anilines is 1. The Bertz CT molecular complexity index is 563. The molecule has 0 atom stereocenters. The van der Waals surface area contributed by atoms with Crippen LogP contribution in [0.25, 0.3) is 0 Å². The summed E-state index contributed by atoms with van der Waals surface area (Å²) in [6.07, 6.45) is 1.95. The number of benzene rings is 1. The number of nitrogens with one attached hydrogen (secondary N) is 1. The van der Waals surface area contributed by atoms with E-state index in [-0.39, 0.29) is 0 Å². The van der Waals surface area contributed by atoms with Crippen molar-refractivity contribution in [3.8, 4) is 5.88 Å². The number of nitrogens with zero attached hydrogens (tertiary/aromatic N) is 2. The van der Waals surface area contributed by atoms with Crippen molar-refractivity contribution in [1.29, 1.82) is 0 Å². The number of hydrogen-bond donors (Lipinski definition) is 1. The summed E-state index contributed by atoms with van der Waals surface area (Å²) in [6.45, 7) is 3.34. The first-order valence-electron chi connectivity index (χ1n) is 6.25. The molecule has 1 N–H and O–H groups in total. The second-order valence-corrected chi connectivity index (χ2v) is 5.71. The van der Waals surface area contributed by atoms with E-state index < -0.39 is 0 Å². The minimum absolute atomic E-state index is 0.490. The summed E-state index contributed by atoms with van der Waals surface area (Å²) in [5, 5.41) is 3.88. The maximum absolute atomic E-state index is 5.74. The van der Waals surface area contributed by atoms with Crippen molar-refractivity contribution in [2.45, 2.75) is 18.7 Å². The maximum Gasteiger partial charge on any atom is 0.219 e. The normalized spacial score (nSPS) is 10.3. The number of thioether (sulfide) groups is 1. The van der Waals surface area contributed by atoms with Gasteiger partial charge in [-0.15, -0.1) is 0 Å². The summed E-state index contributed by atoms with van der Waals surface area (Å²) >= 11 is 4.91. The van der Waals surface area contributed by atoms with Crippen LogP contribution in [0.3, 0.4) is 0 Å². The van der Waals surface area contributed by atoms with Crippen LogP contribution in [0, 0.1) is 0 Å². The summed E-state index contributed by atoms with van der Waals surface area (Å²) in [6, 6.07) is 9.85. The molecule has 0 aliphatic heterocycles. The number of ether oxygens (including phenoxy) is 1. The lowest BCUT2D eigenvalue weighted by Crippen LogP contribution is -2.04. The molecule has 0 bridgehead atoms. The molecule has 106 valence electrons. The molecule has 0 spiro atoms. The molecule has 0 radical (unpaired) electrons. The molecular formula is C14H16BrN3OS. The predicted octanol–water partition coefficient (Wildman–Crippen LogP) is 3.97. The van der Waals surface area contributed by atoms with Crippen LogP contribution >= 0.6 is 27.7 Å². The van der Waals surface area contributed by atoms with E-state index in [1.54, 1.807) is 0 Å². The van der Waals surface area contributed by atoms with Gasteiger partial charge in [-0.05, 0) is 30.9 Å². The van der Waals surface area contributed by atoms with Crippen LogP contribution in [0.4, 0.5) is 5.82 Å². The van der Waals surface area contributed by atoms with Gasteiger partial charge in [0.2, 0.25) is 5.88 Å². The van der Waals surface area contributed by atoms with Crippen LogP contribution in [0.5, 0.6) is 5.88 Å². The zero-order valence-electron chi connectivity index (χ0n) is 11.4. The summed E-state index contributed by atoms with van der Waals surface area (Å²) in [4.78, 5) is 8.71.